The van der Waals surface area contributed by atoms with E-state index in [4.69, 9.17) is 19.9 Å². The molecule has 158 valence electrons. The monoisotopic (exact) mass is 401 g/mol. The lowest BCUT2D eigenvalue weighted by atomic mass is 9.93. The van der Waals surface area contributed by atoms with E-state index in [2.05, 4.69) is 10.3 Å². The lowest BCUT2D eigenvalue weighted by molar-refractivity contribution is -0.127. The summed E-state index contributed by atoms with van der Waals surface area (Å²) in [7, 11) is 0. The highest BCUT2D eigenvalue weighted by molar-refractivity contribution is 5.95. The summed E-state index contributed by atoms with van der Waals surface area (Å²) in [6, 6.07) is 7.89. The molecule has 2 aromatic rings. The predicted octanol–water partition coefficient (Wildman–Crippen LogP) is 2.98. The zero-order valence-corrected chi connectivity index (χ0v) is 17.3. The van der Waals surface area contributed by atoms with E-state index in [0.29, 0.717) is 25.5 Å². The van der Waals surface area contributed by atoms with Crippen LogP contribution in [0.3, 0.4) is 0 Å². The highest BCUT2D eigenvalue weighted by Gasteiger charge is 2.24. The zero-order chi connectivity index (χ0) is 20.6. The van der Waals surface area contributed by atoms with Crippen LogP contribution in [-0.4, -0.2) is 49.5 Å². The summed E-state index contributed by atoms with van der Waals surface area (Å²) in [5, 5.41) is 3.92. The van der Waals surface area contributed by atoms with Gasteiger partial charge in [0.05, 0.1) is 30.2 Å². The number of aryl methyl sites for hydroxylation is 1. The summed E-state index contributed by atoms with van der Waals surface area (Å²) in [6.45, 7) is 5.54. The number of nitrogens with two attached hydrogens (primary N) is 1. The molecule has 1 aromatic heterocycles. The average Bonchev–Trinajstić information content (AvgIpc) is 2.69. The molecule has 1 fully saturated rings. The van der Waals surface area contributed by atoms with Gasteiger partial charge in [-0.15, -0.1) is 0 Å². The number of pyridine rings is 1. The number of nitrogens with one attached hydrogen (secondary N) is 1. The number of fused-ring (bicyclic) bond motifs is 1. The third-order valence-electron chi connectivity index (χ3n) is 5.10. The van der Waals surface area contributed by atoms with Gasteiger partial charge in [0.2, 0.25) is 5.91 Å². The Morgan fingerprint density at radius 1 is 1.21 bits per heavy atom. The van der Waals surface area contributed by atoms with Gasteiger partial charge in [0, 0.05) is 24.0 Å². The van der Waals surface area contributed by atoms with Gasteiger partial charge in [-0.1, -0.05) is 6.07 Å². The number of benzene rings is 1. The molecular weight excluding hydrogens is 370 g/mol. The first-order chi connectivity index (χ1) is 14.1. The molecule has 1 aliphatic carbocycles. The fourth-order valence-corrected chi connectivity index (χ4v) is 3.72. The van der Waals surface area contributed by atoms with E-state index in [-0.39, 0.29) is 24.7 Å². The van der Waals surface area contributed by atoms with Crippen LogP contribution in [0.25, 0.3) is 10.9 Å². The van der Waals surface area contributed by atoms with Crippen LogP contribution in [0.2, 0.25) is 0 Å². The van der Waals surface area contributed by atoms with E-state index in [0.717, 1.165) is 48.0 Å². The fourth-order valence-electron chi connectivity index (χ4n) is 3.72. The van der Waals surface area contributed by atoms with Gasteiger partial charge < -0.3 is 25.3 Å². The van der Waals surface area contributed by atoms with Crippen molar-refractivity contribution in [3.05, 3.63) is 30.0 Å². The smallest absolute Gasteiger partial charge is 0.246 e. The molecule has 0 bridgehead atoms. The Balaban J connectivity index is 1.47. The van der Waals surface area contributed by atoms with Gasteiger partial charge in [0.1, 0.15) is 12.4 Å². The predicted molar refractivity (Wildman–Crippen MR) is 113 cm³/mol. The van der Waals surface area contributed by atoms with Crippen molar-refractivity contribution in [2.45, 2.75) is 51.7 Å². The molecule has 7 heteroatoms. The van der Waals surface area contributed by atoms with Crippen molar-refractivity contribution in [1.82, 2.24) is 10.3 Å². The standard InChI is InChI=1S/C22H31N3O4/c1-3-27-11-12-28-14-21(26)25-16-7-9-17(10-8-16)29-20-6-4-5-19-22(20)18(23)13-15(2)24-19/h4-6,13,16-17H,3,7-12,14H2,1-2H3,(H2,23,24)(H,25,26)/t16-,17-. The average molecular weight is 402 g/mol. The largest absolute Gasteiger partial charge is 0.490 e. The third kappa shape index (κ3) is 6.05. The second-order valence-electron chi connectivity index (χ2n) is 7.41. The summed E-state index contributed by atoms with van der Waals surface area (Å²) in [5.74, 6) is 0.705. The summed E-state index contributed by atoms with van der Waals surface area (Å²) >= 11 is 0. The molecule has 7 nitrogen and oxygen atoms in total. The SMILES string of the molecule is CCOCCOCC(=O)N[C@H]1CC[C@H](Oc2cccc3nc(C)cc(N)c23)CC1. The topological polar surface area (TPSA) is 95.7 Å². The van der Waals surface area contributed by atoms with Crippen LogP contribution >= 0.6 is 0 Å². The van der Waals surface area contributed by atoms with Gasteiger partial charge in [0.15, 0.2) is 0 Å². The van der Waals surface area contributed by atoms with Gasteiger partial charge in [0.25, 0.3) is 0 Å². The normalized spacial score (nSPS) is 19.2. The number of hydrogen-bond acceptors (Lipinski definition) is 6. The Morgan fingerprint density at radius 3 is 2.72 bits per heavy atom. The highest BCUT2D eigenvalue weighted by atomic mass is 16.5. The molecule has 1 aliphatic rings. The minimum Gasteiger partial charge on any atom is -0.490 e. The number of nitrogen functional groups attached to an aromatic ring is 1. The van der Waals surface area contributed by atoms with E-state index in [1.807, 2.05) is 38.1 Å². The molecule has 3 rings (SSSR count). The van der Waals surface area contributed by atoms with Crippen LogP contribution in [-0.2, 0) is 14.3 Å². The molecule has 0 saturated heterocycles. The van der Waals surface area contributed by atoms with E-state index in [9.17, 15) is 4.79 Å². The summed E-state index contributed by atoms with van der Waals surface area (Å²) in [5.41, 5.74) is 8.65. The summed E-state index contributed by atoms with van der Waals surface area (Å²) in [6.07, 6.45) is 3.63. The van der Waals surface area contributed by atoms with Crippen molar-refractivity contribution in [3.8, 4) is 5.75 Å². The van der Waals surface area contributed by atoms with Crippen molar-refractivity contribution in [1.29, 1.82) is 0 Å². The van der Waals surface area contributed by atoms with Crippen molar-refractivity contribution in [2.75, 3.05) is 32.2 Å². The Labute approximate surface area is 171 Å². The van der Waals surface area contributed by atoms with Gasteiger partial charge in [-0.25, -0.2) is 0 Å². The minimum atomic E-state index is -0.0749. The second kappa shape index (κ2) is 10.4. The first-order valence-corrected chi connectivity index (χ1v) is 10.3. The Bertz CT molecular complexity index is 819. The highest BCUT2D eigenvalue weighted by Crippen LogP contribution is 2.33. The molecule has 3 N–H and O–H groups in total. The molecule has 0 spiro atoms. The first-order valence-electron chi connectivity index (χ1n) is 10.3. The molecule has 1 saturated carbocycles. The second-order valence-corrected chi connectivity index (χ2v) is 7.41. The number of anilines is 1. The first kappa shape index (κ1) is 21.3. The van der Waals surface area contributed by atoms with Gasteiger partial charge in [-0.3, -0.25) is 9.78 Å². The molecule has 0 atom stereocenters. The number of hydrogen-bond donors (Lipinski definition) is 2. The van der Waals surface area contributed by atoms with Crippen LogP contribution in [0.4, 0.5) is 5.69 Å². The van der Waals surface area contributed by atoms with Crippen LogP contribution in [0.15, 0.2) is 24.3 Å². The molecule has 1 heterocycles. The lowest BCUT2D eigenvalue weighted by Crippen LogP contribution is -2.41. The summed E-state index contributed by atoms with van der Waals surface area (Å²) < 4.78 is 16.8. The van der Waals surface area contributed by atoms with Crippen molar-refractivity contribution >= 4 is 22.5 Å². The molecular formula is C22H31N3O4. The van der Waals surface area contributed by atoms with Crippen LogP contribution in [0.5, 0.6) is 5.75 Å². The van der Waals surface area contributed by atoms with Crippen LogP contribution < -0.4 is 15.8 Å². The summed E-state index contributed by atoms with van der Waals surface area (Å²) in [4.78, 5) is 16.5. The maximum absolute atomic E-state index is 12.0. The van der Waals surface area contributed by atoms with Gasteiger partial charge >= 0.3 is 0 Å². The maximum atomic E-state index is 12.0. The minimum absolute atomic E-state index is 0.0746. The van der Waals surface area contributed by atoms with Crippen molar-refractivity contribution in [2.24, 2.45) is 0 Å². The van der Waals surface area contributed by atoms with Crippen LogP contribution in [0, 0.1) is 6.92 Å². The molecule has 1 amide bonds. The number of rotatable bonds is 9. The van der Waals surface area contributed by atoms with E-state index >= 15 is 0 Å². The number of aromatic nitrogens is 1. The number of nitrogens with zero attached hydrogens (tertiary/aromatic N) is 1. The maximum Gasteiger partial charge on any atom is 0.246 e. The van der Waals surface area contributed by atoms with Gasteiger partial charge in [-0.05, 0) is 57.7 Å². The fraction of sp³-hybridized carbons (Fsp3) is 0.545. The van der Waals surface area contributed by atoms with Crippen molar-refractivity contribution < 1.29 is 19.0 Å². The van der Waals surface area contributed by atoms with E-state index < -0.39 is 0 Å². The lowest BCUT2D eigenvalue weighted by Gasteiger charge is -2.30. The van der Waals surface area contributed by atoms with E-state index in [1.54, 1.807) is 0 Å². The molecule has 0 radical (unpaired) electrons. The van der Waals surface area contributed by atoms with Gasteiger partial charge in [-0.2, -0.15) is 0 Å². The number of carbonyl (C=O) groups excluding carboxylic acids is 1. The quantitative estimate of drug-likeness (QED) is 0.627. The Kier molecular flexibility index (Phi) is 7.66. The zero-order valence-electron chi connectivity index (χ0n) is 17.3. The molecule has 29 heavy (non-hydrogen) atoms. The van der Waals surface area contributed by atoms with Crippen molar-refractivity contribution in [3.63, 3.8) is 0 Å². The number of carbonyl (C=O) groups is 1. The number of amides is 1. The number of ether oxygens (including phenoxy) is 3. The molecule has 0 aliphatic heterocycles. The molecule has 0 unspecified atom stereocenters. The van der Waals surface area contributed by atoms with E-state index in [1.165, 1.54) is 0 Å². The third-order valence-corrected chi connectivity index (χ3v) is 5.10. The van der Waals surface area contributed by atoms with Crippen LogP contribution in [0.1, 0.15) is 38.3 Å². The Morgan fingerprint density at radius 2 is 1.97 bits per heavy atom. The Hall–Kier alpha value is -2.38. The molecule has 1 aromatic carbocycles.